The standard InChI is InChI=1S/C13H17NO4S2/c1-3-8-19-9-7-14-20(17,18)12-6-4-5-11(10(12)2)13(15)16/h3-6,14H,1,7-9H2,2H3,(H,15,16). The maximum atomic E-state index is 12.1. The fourth-order valence-electron chi connectivity index (χ4n) is 1.63. The fourth-order valence-corrected chi connectivity index (χ4v) is 3.64. The fraction of sp³-hybridized carbons (Fsp3) is 0.308. The molecule has 1 aromatic rings. The minimum Gasteiger partial charge on any atom is -0.478 e. The van der Waals surface area contributed by atoms with Crippen LogP contribution in [0.5, 0.6) is 0 Å². The second kappa shape index (κ2) is 7.47. The zero-order valence-corrected chi connectivity index (χ0v) is 12.8. The van der Waals surface area contributed by atoms with E-state index in [1.165, 1.54) is 25.1 Å². The second-order valence-corrected chi connectivity index (χ2v) is 6.88. The SMILES string of the molecule is C=CCSCCNS(=O)(=O)c1cccc(C(=O)O)c1C. The number of nitrogens with one attached hydrogen (secondary N) is 1. The van der Waals surface area contributed by atoms with E-state index in [1.807, 2.05) is 0 Å². The lowest BCUT2D eigenvalue weighted by Gasteiger charge is -2.10. The summed E-state index contributed by atoms with van der Waals surface area (Å²) >= 11 is 1.56. The molecule has 0 atom stereocenters. The van der Waals surface area contributed by atoms with E-state index in [9.17, 15) is 13.2 Å². The molecule has 0 fully saturated rings. The van der Waals surface area contributed by atoms with Crippen molar-refractivity contribution in [2.24, 2.45) is 0 Å². The number of sulfonamides is 1. The molecule has 7 heteroatoms. The quantitative estimate of drug-likeness (QED) is 0.565. The molecule has 0 heterocycles. The van der Waals surface area contributed by atoms with Crippen LogP contribution in [0.4, 0.5) is 0 Å². The molecule has 1 aromatic carbocycles. The molecule has 20 heavy (non-hydrogen) atoms. The minimum absolute atomic E-state index is 0.00564. The van der Waals surface area contributed by atoms with Gasteiger partial charge in [-0.3, -0.25) is 0 Å². The van der Waals surface area contributed by atoms with E-state index in [2.05, 4.69) is 11.3 Å². The molecule has 0 spiro atoms. The van der Waals surface area contributed by atoms with Gasteiger partial charge in [0.15, 0.2) is 0 Å². The number of carboxylic acids is 1. The topological polar surface area (TPSA) is 83.5 Å². The predicted molar refractivity (Wildman–Crippen MR) is 80.8 cm³/mol. The summed E-state index contributed by atoms with van der Waals surface area (Å²) in [7, 11) is -3.69. The number of rotatable bonds is 8. The van der Waals surface area contributed by atoms with Gasteiger partial charge < -0.3 is 5.11 Å². The Morgan fingerprint density at radius 3 is 2.80 bits per heavy atom. The molecule has 0 unspecified atom stereocenters. The summed E-state index contributed by atoms with van der Waals surface area (Å²) in [6, 6.07) is 4.22. The monoisotopic (exact) mass is 315 g/mol. The van der Waals surface area contributed by atoms with Crippen LogP contribution in [0.3, 0.4) is 0 Å². The molecule has 0 aliphatic heterocycles. The van der Waals surface area contributed by atoms with Crippen LogP contribution in [0.2, 0.25) is 0 Å². The summed E-state index contributed by atoms with van der Waals surface area (Å²) < 4.78 is 26.7. The molecule has 0 saturated heterocycles. The lowest BCUT2D eigenvalue weighted by Crippen LogP contribution is -2.27. The largest absolute Gasteiger partial charge is 0.478 e. The van der Waals surface area contributed by atoms with E-state index < -0.39 is 16.0 Å². The molecular weight excluding hydrogens is 298 g/mol. The Hall–Kier alpha value is -1.31. The molecular formula is C13H17NO4S2. The van der Waals surface area contributed by atoms with E-state index in [1.54, 1.807) is 17.8 Å². The van der Waals surface area contributed by atoms with E-state index in [4.69, 9.17) is 5.11 Å². The third-order valence-electron chi connectivity index (χ3n) is 2.58. The van der Waals surface area contributed by atoms with Gasteiger partial charge in [0.1, 0.15) is 0 Å². The first-order valence-electron chi connectivity index (χ1n) is 5.91. The van der Waals surface area contributed by atoms with Crippen LogP contribution in [0.25, 0.3) is 0 Å². The molecule has 1 rings (SSSR count). The van der Waals surface area contributed by atoms with Crippen LogP contribution in [0.1, 0.15) is 15.9 Å². The van der Waals surface area contributed by atoms with Gasteiger partial charge in [0.05, 0.1) is 10.5 Å². The highest BCUT2D eigenvalue weighted by atomic mass is 32.2. The van der Waals surface area contributed by atoms with Crippen LogP contribution in [-0.4, -0.2) is 37.5 Å². The Labute approximate surface area is 123 Å². The molecule has 0 bridgehead atoms. The van der Waals surface area contributed by atoms with Gasteiger partial charge in [-0.05, 0) is 24.6 Å². The van der Waals surface area contributed by atoms with Gasteiger partial charge in [0.25, 0.3) is 0 Å². The van der Waals surface area contributed by atoms with Gasteiger partial charge in [0.2, 0.25) is 10.0 Å². The molecule has 5 nitrogen and oxygen atoms in total. The Bertz CT molecular complexity index is 596. The summed E-state index contributed by atoms with van der Waals surface area (Å²) in [5.41, 5.74) is 0.236. The first-order chi connectivity index (χ1) is 9.40. The van der Waals surface area contributed by atoms with E-state index >= 15 is 0 Å². The number of benzene rings is 1. The number of carbonyl (C=O) groups is 1. The summed E-state index contributed by atoms with van der Waals surface area (Å²) in [6.07, 6.45) is 1.75. The number of hydrogen-bond donors (Lipinski definition) is 2. The minimum atomic E-state index is -3.69. The van der Waals surface area contributed by atoms with Crippen molar-refractivity contribution in [2.75, 3.05) is 18.1 Å². The summed E-state index contributed by atoms with van der Waals surface area (Å²) in [5, 5.41) is 9.00. The lowest BCUT2D eigenvalue weighted by atomic mass is 10.1. The van der Waals surface area contributed by atoms with Crippen molar-refractivity contribution in [3.05, 3.63) is 42.0 Å². The van der Waals surface area contributed by atoms with Crippen LogP contribution in [-0.2, 0) is 10.0 Å². The zero-order chi connectivity index (χ0) is 15.2. The second-order valence-electron chi connectivity index (χ2n) is 4.00. The number of hydrogen-bond acceptors (Lipinski definition) is 4. The average molecular weight is 315 g/mol. The molecule has 0 aliphatic carbocycles. The first-order valence-corrected chi connectivity index (χ1v) is 8.55. The highest BCUT2D eigenvalue weighted by Gasteiger charge is 2.19. The van der Waals surface area contributed by atoms with Crippen molar-refractivity contribution in [1.82, 2.24) is 4.72 Å². The smallest absolute Gasteiger partial charge is 0.335 e. The van der Waals surface area contributed by atoms with Gasteiger partial charge >= 0.3 is 5.97 Å². The molecule has 110 valence electrons. The van der Waals surface area contributed by atoms with Gasteiger partial charge in [0, 0.05) is 18.1 Å². The van der Waals surface area contributed by atoms with Gasteiger partial charge in [-0.15, -0.1) is 6.58 Å². The van der Waals surface area contributed by atoms with E-state index in [0.29, 0.717) is 5.75 Å². The predicted octanol–water partition coefficient (Wildman–Crippen LogP) is 1.89. The third kappa shape index (κ3) is 4.36. The van der Waals surface area contributed by atoms with Crippen molar-refractivity contribution in [1.29, 1.82) is 0 Å². The normalized spacial score (nSPS) is 11.2. The molecule has 0 saturated carbocycles. The summed E-state index contributed by atoms with van der Waals surface area (Å²) in [5.74, 6) is 0.249. The molecule has 0 radical (unpaired) electrons. The Morgan fingerprint density at radius 2 is 2.20 bits per heavy atom. The molecule has 0 aromatic heterocycles. The maximum Gasteiger partial charge on any atom is 0.335 e. The van der Waals surface area contributed by atoms with Crippen LogP contribution < -0.4 is 4.72 Å². The average Bonchev–Trinajstić information content (AvgIpc) is 2.38. The zero-order valence-electron chi connectivity index (χ0n) is 11.1. The molecule has 2 N–H and O–H groups in total. The molecule has 0 amide bonds. The lowest BCUT2D eigenvalue weighted by molar-refractivity contribution is 0.0696. The van der Waals surface area contributed by atoms with Crippen molar-refractivity contribution >= 4 is 27.8 Å². The van der Waals surface area contributed by atoms with Crippen LogP contribution in [0, 0.1) is 6.92 Å². The first kappa shape index (κ1) is 16.7. The van der Waals surface area contributed by atoms with Crippen molar-refractivity contribution in [2.45, 2.75) is 11.8 Å². The van der Waals surface area contributed by atoms with E-state index in [-0.39, 0.29) is 22.6 Å². The van der Waals surface area contributed by atoms with Crippen molar-refractivity contribution in [3.63, 3.8) is 0 Å². The van der Waals surface area contributed by atoms with Crippen LogP contribution >= 0.6 is 11.8 Å². The summed E-state index contributed by atoms with van der Waals surface area (Å²) in [4.78, 5) is 11.0. The van der Waals surface area contributed by atoms with Gasteiger partial charge in [-0.25, -0.2) is 17.9 Å². The summed E-state index contributed by atoms with van der Waals surface area (Å²) in [6.45, 7) is 5.36. The van der Waals surface area contributed by atoms with Crippen LogP contribution in [0.15, 0.2) is 35.7 Å². The molecule has 0 aliphatic rings. The maximum absolute atomic E-state index is 12.1. The number of carboxylic acid groups (broad SMARTS) is 1. The van der Waals surface area contributed by atoms with Crippen molar-refractivity contribution < 1.29 is 18.3 Å². The highest BCUT2D eigenvalue weighted by Crippen LogP contribution is 2.18. The number of thioether (sulfide) groups is 1. The Morgan fingerprint density at radius 1 is 1.50 bits per heavy atom. The Balaban J connectivity index is 2.85. The van der Waals surface area contributed by atoms with Gasteiger partial charge in [-0.1, -0.05) is 12.1 Å². The third-order valence-corrected chi connectivity index (χ3v) is 5.15. The number of aromatic carboxylic acids is 1. The Kier molecular flexibility index (Phi) is 6.25. The van der Waals surface area contributed by atoms with Crippen molar-refractivity contribution in [3.8, 4) is 0 Å². The van der Waals surface area contributed by atoms with E-state index in [0.717, 1.165) is 5.75 Å². The highest BCUT2D eigenvalue weighted by molar-refractivity contribution is 7.99. The van der Waals surface area contributed by atoms with Gasteiger partial charge in [-0.2, -0.15) is 11.8 Å².